The third kappa shape index (κ3) is 4.76. The Morgan fingerprint density at radius 2 is 1.80 bits per heavy atom. The fourth-order valence-corrected chi connectivity index (χ4v) is 3.82. The summed E-state index contributed by atoms with van der Waals surface area (Å²) in [5.41, 5.74) is 2.70. The largest absolute Gasteiger partial charge is 0.369 e. The number of nitrogens with one attached hydrogen (secondary N) is 2. The molecule has 30 heavy (non-hydrogen) atoms. The van der Waals surface area contributed by atoms with Crippen LogP contribution in [-0.2, 0) is 13.0 Å². The van der Waals surface area contributed by atoms with Gasteiger partial charge in [0.25, 0.3) is 5.91 Å². The van der Waals surface area contributed by atoms with Gasteiger partial charge in [-0.3, -0.25) is 4.79 Å². The van der Waals surface area contributed by atoms with Gasteiger partial charge in [-0.2, -0.15) is 5.10 Å². The zero-order valence-electron chi connectivity index (χ0n) is 16.3. The van der Waals surface area contributed by atoms with Gasteiger partial charge < -0.3 is 10.6 Å². The van der Waals surface area contributed by atoms with Crippen LogP contribution in [0.15, 0.2) is 67.1 Å². The average molecular weight is 512 g/mol. The van der Waals surface area contributed by atoms with E-state index in [1.54, 1.807) is 10.9 Å². The standard InChI is InChI=1S/C22H21IN6O/c23-19-9-5-4-8-17(19)22(30)25-12-13-29-21-18(14-28-29)20(26-15-27-21)24-11-10-16-6-2-1-3-7-16/h1-9,14-15H,10-13H2,(H,25,30)(H,24,26,27). The molecule has 4 aromatic rings. The Morgan fingerprint density at radius 3 is 2.63 bits per heavy atom. The number of hydrogen-bond donors (Lipinski definition) is 2. The summed E-state index contributed by atoms with van der Waals surface area (Å²) in [7, 11) is 0. The van der Waals surface area contributed by atoms with Gasteiger partial charge in [-0.25, -0.2) is 14.6 Å². The molecule has 7 nitrogen and oxygen atoms in total. The van der Waals surface area contributed by atoms with Gasteiger partial charge in [-0.05, 0) is 46.7 Å². The lowest BCUT2D eigenvalue weighted by atomic mass is 10.1. The van der Waals surface area contributed by atoms with Gasteiger partial charge >= 0.3 is 0 Å². The van der Waals surface area contributed by atoms with E-state index >= 15 is 0 Å². The number of rotatable bonds is 8. The van der Waals surface area contributed by atoms with Crippen molar-refractivity contribution in [1.82, 2.24) is 25.1 Å². The number of anilines is 1. The van der Waals surface area contributed by atoms with Gasteiger partial charge in [0, 0.05) is 16.7 Å². The van der Waals surface area contributed by atoms with Crippen molar-refractivity contribution < 1.29 is 4.79 Å². The highest BCUT2D eigenvalue weighted by Crippen LogP contribution is 2.18. The monoisotopic (exact) mass is 512 g/mol. The highest BCUT2D eigenvalue weighted by molar-refractivity contribution is 14.1. The summed E-state index contributed by atoms with van der Waals surface area (Å²) in [6, 6.07) is 17.8. The smallest absolute Gasteiger partial charge is 0.252 e. The number of aromatic nitrogens is 4. The summed E-state index contributed by atoms with van der Waals surface area (Å²) in [6.07, 6.45) is 4.21. The molecule has 0 saturated heterocycles. The van der Waals surface area contributed by atoms with Crippen LogP contribution in [0.1, 0.15) is 15.9 Å². The predicted octanol–water partition coefficient (Wildman–Crippen LogP) is 3.52. The van der Waals surface area contributed by atoms with Crippen molar-refractivity contribution in [3.05, 3.63) is 81.8 Å². The van der Waals surface area contributed by atoms with Gasteiger partial charge in [-0.15, -0.1) is 0 Å². The molecule has 0 saturated carbocycles. The van der Waals surface area contributed by atoms with Crippen molar-refractivity contribution in [3.8, 4) is 0 Å². The first-order valence-corrected chi connectivity index (χ1v) is 10.8. The van der Waals surface area contributed by atoms with E-state index in [1.807, 2.05) is 42.5 Å². The molecule has 2 aromatic heterocycles. The minimum atomic E-state index is -0.0886. The molecular weight excluding hydrogens is 491 g/mol. The number of benzene rings is 2. The molecule has 8 heteroatoms. The molecule has 0 fully saturated rings. The Labute approximate surface area is 188 Å². The van der Waals surface area contributed by atoms with Gasteiger partial charge in [0.15, 0.2) is 5.65 Å². The van der Waals surface area contributed by atoms with Crippen molar-refractivity contribution in [1.29, 1.82) is 0 Å². The molecule has 0 spiro atoms. The second-order valence-electron chi connectivity index (χ2n) is 6.73. The second kappa shape index (κ2) is 9.66. The van der Waals surface area contributed by atoms with Crippen molar-refractivity contribution in [2.75, 3.05) is 18.4 Å². The van der Waals surface area contributed by atoms with Crippen molar-refractivity contribution in [2.45, 2.75) is 13.0 Å². The fraction of sp³-hybridized carbons (Fsp3) is 0.182. The van der Waals surface area contributed by atoms with Crippen LogP contribution in [0.3, 0.4) is 0 Å². The lowest BCUT2D eigenvalue weighted by Crippen LogP contribution is -2.28. The van der Waals surface area contributed by atoms with Gasteiger partial charge in [0.05, 0.1) is 23.7 Å². The summed E-state index contributed by atoms with van der Waals surface area (Å²) in [4.78, 5) is 21.1. The summed E-state index contributed by atoms with van der Waals surface area (Å²) in [5, 5.41) is 11.6. The lowest BCUT2D eigenvalue weighted by molar-refractivity contribution is 0.0951. The maximum absolute atomic E-state index is 12.4. The van der Waals surface area contributed by atoms with Crippen LogP contribution in [-0.4, -0.2) is 38.7 Å². The van der Waals surface area contributed by atoms with Crippen LogP contribution in [0, 0.1) is 3.57 Å². The van der Waals surface area contributed by atoms with Crippen molar-refractivity contribution >= 4 is 45.3 Å². The van der Waals surface area contributed by atoms with Crippen LogP contribution in [0.25, 0.3) is 11.0 Å². The minimum absolute atomic E-state index is 0.0886. The van der Waals surface area contributed by atoms with Crippen LogP contribution < -0.4 is 10.6 Å². The number of fused-ring (bicyclic) bond motifs is 1. The van der Waals surface area contributed by atoms with E-state index in [1.165, 1.54) is 11.9 Å². The third-order valence-corrected chi connectivity index (χ3v) is 5.65. The third-order valence-electron chi connectivity index (χ3n) is 4.71. The van der Waals surface area contributed by atoms with E-state index in [9.17, 15) is 4.79 Å². The number of carbonyl (C=O) groups is 1. The summed E-state index contributed by atoms with van der Waals surface area (Å²) < 4.78 is 2.71. The van der Waals surface area contributed by atoms with Crippen LogP contribution in [0.4, 0.5) is 5.82 Å². The number of amides is 1. The maximum atomic E-state index is 12.4. The minimum Gasteiger partial charge on any atom is -0.369 e. The summed E-state index contributed by atoms with van der Waals surface area (Å²) >= 11 is 2.17. The second-order valence-corrected chi connectivity index (χ2v) is 7.89. The average Bonchev–Trinajstić information content (AvgIpc) is 3.19. The first-order valence-electron chi connectivity index (χ1n) is 9.69. The Kier molecular flexibility index (Phi) is 6.53. The molecule has 0 atom stereocenters. The Bertz CT molecular complexity index is 1140. The summed E-state index contributed by atoms with van der Waals surface area (Å²) in [6.45, 7) is 1.76. The molecule has 152 valence electrons. The first-order chi connectivity index (χ1) is 14.7. The molecule has 0 aliphatic heterocycles. The van der Waals surface area contributed by atoms with Crippen LogP contribution in [0.2, 0.25) is 0 Å². The van der Waals surface area contributed by atoms with Gasteiger partial charge in [0.1, 0.15) is 12.1 Å². The van der Waals surface area contributed by atoms with E-state index in [4.69, 9.17) is 0 Å². The number of hydrogen-bond acceptors (Lipinski definition) is 5. The Hall–Kier alpha value is -3.01. The normalized spacial score (nSPS) is 10.8. The zero-order chi connectivity index (χ0) is 20.8. The van der Waals surface area contributed by atoms with E-state index < -0.39 is 0 Å². The molecule has 2 aromatic carbocycles. The molecule has 2 heterocycles. The van der Waals surface area contributed by atoms with Crippen LogP contribution >= 0.6 is 22.6 Å². The SMILES string of the molecule is O=C(NCCn1ncc2c(NCCc3ccccc3)ncnc21)c1ccccc1I. The lowest BCUT2D eigenvalue weighted by Gasteiger charge is -2.08. The molecule has 0 bridgehead atoms. The maximum Gasteiger partial charge on any atom is 0.252 e. The van der Waals surface area contributed by atoms with Crippen molar-refractivity contribution in [3.63, 3.8) is 0 Å². The fourth-order valence-electron chi connectivity index (χ4n) is 3.18. The van der Waals surface area contributed by atoms with Gasteiger partial charge in [0.2, 0.25) is 0 Å². The molecule has 0 aliphatic carbocycles. The zero-order valence-corrected chi connectivity index (χ0v) is 18.4. The summed E-state index contributed by atoms with van der Waals surface area (Å²) in [5.74, 6) is 0.680. The van der Waals surface area contributed by atoms with E-state index in [0.717, 1.165) is 33.4 Å². The topological polar surface area (TPSA) is 84.7 Å². The molecule has 1 amide bonds. The predicted molar refractivity (Wildman–Crippen MR) is 125 cm³/mol. The van der Waals surface area contributed by atoms with E-state index in [-0.39, 0.29) is 5.91 Å². The van der Waals surface area contributed by atoms with E-state index in [0.29, 0.717) is 18.7 Å². The molecule has 0 radical (unpaired) electrons. The quantitative estimate of drug-likeness (QED) is 0.353. The Morgan fingerprint density at radius 1 is 1.00 bits per heavy atom. The number of halogens is 1. The van der Waals surface area contributed by atoms with E-state index in [2.05, 4.69) is 60.4 Å². The number of nitrogens with zero attached hydrogens (tertiary/aromatic N) is 4. The van der Waals surface area contributed by atoms with Crippen molar-refractivity contribution in [2.24, 2.45) is 0 Å². The van der Waals surface area contributed by atoms with Crippen LogP contribution in [0.5, 0.6) is 0 Å². The molecule has 4 rings (SSSR count). The molecule has 0 aliphatic rings. The molecular formula is C22H21IN6O. The Balaban J connectivity index is 1.37. The highest BCUT2D eigenvalue weighted by Gasteiger charge is 2.11. The molecule has 2 N–H and O–H groups in total. The van der Waals surface area contributed by atoms with Gasteiger partial charge in [-0.1, -0.05) is 42.5 Å². The number of carbonyl (C=O) groups excluding carboxylic acids is 1. The first kappa shape index (κ1) is 20.3. The molecule has 0 unspecified atom stereocenters. The highest BCUT2D eigenvalue weighted by atomic mass is 127.